The summed E-state index contributed by atoms with van der Waals surface area (Å²) in [4.78, 5) is 7.23. The van der Waals surface area contributed by atoms with Crippen molar-refractivity contribution in [3.63, 3.8) is 0 Å². The molecule has 0 spiro atoms. The normalized spacial score (nSPS) is 29.6. The Hall–Kier alpha value is -1.33. The molecule has 0 radical (unpaired) electrons. The Morgan fingerprint density at radius 3 is 2.46 bits per heavy atom. The van der Waals surface area contributed by atoms with Gasteiger partial charge in [-0.15, -0.1) is 0 Å². The third-order valence-electron chi connectivity index (χ3n) is 5.84. The van der Waals surface area contributed by atoms with Gasteiger partial charge in [-0.3, -0.25) is 0 Å². The van der Waals surface area contributed by atoms with Crippen LogP contribution in [0.3, 0.4) is 0 Å². The number of hydrogen-bond acceptors (Lipinski definition) is 5. The fourth-order valence-electron chi connectivity index (χ4n) is 4.46. The first kappa shape index (κ1) is 19.4. The van der Waals surface area contributed by atoms with E-state index in [2.05, 4.69) is 43.1 Å². The van der Waals surface area contributed by atoms with Gasteiger partial charge in [0.05, 0.1) is 23.6 Å². The molecule has 1 aromatic rings. The number of pyridine rings is 1. The van der Waals surface area contributed by atoms with Crippen molar-refractivity contribution in [1.29, 1.82) is 0 Å². The van der Waals surface area contributed by atoms with Crippen molar-refractivity contribution >= 4 is 11.5 Å². The highest BCUT2D eigenvalue weighted by Gasteiger charge is 2.24. The lowest BCUT2D eigenvalue weighted by Crippen LogP contribution is -2.45. The molecule has 1 saturated heterocycles. The fraction of sp³-hybridized carbons (Fsp3) is 0.762. The average molecular weight is 361 g/mol. The molecule has 2 aliphatic rings. The Bertz CT molecular complexity index is 561. The predicted octanol–water partition coefficient (Wildman–Crippen LogP) is 3.71. The van der Waals surface area contributed by atoms with Gasteiger partial charge in [0.15, 0.2) is 0 Å². The second-order valence-corrected chi connectivity index (χ2v) is 8.26. The first-order chi connectivity index (χ1) is 12.5. The molecular formula is C21H36N4O. The highest BCUT2D eigenvalue weighted by molar-refractivity contribution is 5.54. The summed E-state index contributed by atoms with van der Waals surface area (Å²) in [6.07, 6.45) is 8.16. The lowest BCUT2D eigenvalue weighted by molar-refractivity contribution is -0.00546. The predicted molar refractivity (Wildman–Crippen MR) is 109 cm³/mol. The van der Waals surface area contributed by atoms with Crippen LogP contribution >= 0.6 is 0 Å². The van der Waals surface area contributed by atoms with Gasteiger partial charge < -0.3 is 20.7 Å². The average Bonchev–Trinajstić information content (AvgIpc) is 2.62. The van der Waals surface area contributed by atoms with E-state index in [4.69, 9.17) is 15.5 Å². The van der Waals surface area contributed by atoms with Gasteiger partial charge in [0.2, 0.25) is 0 Å². The van der Waals surface area contributed by atoms with E-state index < -0.39 is 0 Å². The van der Waals surface area contributed by atoms with E-state index in [0.717, 1.165) is 37.1 Å². The van der Waals surface area contributed by atoms with E-state index in [0.29, 0.717) is 6.04 Å². The Morgan fingerprint density at radius 2 is 1.85 bits per heavy atom. The molecule has 1 aromatic heterocycles. The van der Waals surface area contributed by atoms with Crippen LogP contribution in [0.4, 0.5) is 11.5 Å². The molecule has 0 aromatic carbocycles. The minimum absolute atomic E-state index is 0.258. The van der Waals surface area contributed by atoms with Crippen LogP contribution < -0.4 is 16.0 Å². The number of nitrogens with zero attached hydrogens (tertiary/aromatic N) is 2. The van der Waals surface area contributed by atoms with Gasteiger partial charge >= 0.3 is 0 Å². The molecule has 146 valence electrons. The maximum atomic E-state index is 5.84. The van der Waals surface area contributed by atoms with Crippen LogP contribution in [0.15, 0.2) is 12.1 Å². The summed E-state index contributed by atoms with van der Waals surface area (Å²) in [5, 5.41) is 3.74. The number of nitrogens with two attached hydrogens (primary N) is 1. The maximum Gasteiger partial charge on any atom is 0.129 e. The fourth-order valence-corrected chi connectivity index (χ4v) is 4.46. The summed E-state index contributed by atoms with van der Waals surface area (Å²) < 4.78 is 5.84. The highest BCUT2D eigenvalue weighted by Crippen LogP contribution is 2.30. The van der Waals surface area contributed by atoms with Crippen molar-refractivity contribution in [1.82, 2.24) is 4.98 Å². The van der Waals surface area contributed by atoms with Gasteiger partial charge in [0.1, 0.15) is 5.82 Å². The van der Waals surface area contributed by atoms with E-state index in [1.165, 1.54) is 44.2 Å². The second kappa shape index (κ2) is 9.05. The van der Waals surface area contributed by atoms with Crippen LogP contribution in [-0.2, 0) is 4.74 Å². The molecule has 2 fully saturated rings. The Labute approximate surface area is 158 Å². The lowest BCUT2D eigenvalue weighted by atomic mass is 9.83. The molecule has 2 atom stereocenters. The first-order valence-corrected chi connectivity index (χ1v) is 10.4. The standard InChI is InChI=1S/C21H36N4O/c1-15-13-25(14-16(2)26-15)21-11-10-20(17(3)23-21)24-19-8-6-18(7-9-19)5-4-12-22/h10-11,15-16,18-19,24H,4-9,12-14,22H2,1-3H3. The Balaban J connectivity index is 1.55. The van der Waals surface area contributed by atoms with Crippen molar-refractivity contribution in [2.45, 2.75) is 77.5 Å². The van der Waals surface area contributed by atoms with Crippen LogP contribution in [-0.4, -0.2) is 42.9 Å². The van der Waals surface area contributed by atoms with Crippen molar-refractivity contribution in [2.75, 3.05) is 29.9 Å². The van der Waals surface area contributed by atoms with Crippen LogP contribution in [0, 0.1) is 12.8 Å². The number of hydrogen-bond donors (Lipinski definition) is 2. The number of aryl methyl sites for hydroxylation is 1. The molecule has 1 saturated carbocycles. The van der Waals surface area contributed by atoms with Crippen molar-refractivity contribution in [3.8, 4) is 0 Å². The molecule has 2 unspecified atom stereocenters. The number of anilines is 2. The van der Waals surface area contributed by atoms with Crippen LogP contribution in [0.25, 0.3) is 0 Å². The highest BCUT2D eigenvalue weighted by atomic mass is 16.5. The quantitative estimate of drug-likeness (QED) is 0.810. The molecule has 5 nitrogen and oxygen atoms in total. The second-order valence-electron chi connectivity index (χ2n) is 8.26. The third kappa shape index (κ3) is 5.10. The van der Waals surface area contributed by atoms with Crippen LogP contribution in [0.1, 0.15) is 58.1 Å². The SMILES string of the molecule is Cc1nc(N2CC(C)OC(C)C2)ccc1NC1CCC(CCCN)CC1. The largest absolute Gasteiger partial charge is 0.381 e. The summed E-state index contributed by atoms with van der Waals surface area (Å²) in [5.74, 6) is 1.95. The maximum absolute atomic E-state index is 5.84. The van der Waals surface area contributed by atoms with E-state index in [1.54, 1.807) is 0 Å². The van der Waals surface area contributed by atoms with Gasteiger partial charge in [-0.05, 0) is 83.9 Å². The number of morpholine rings is 1. The zero-order chi connectivity index (χ0) is 18.5. The van der Waals surface area contributed by atoms with E-state index in [-0.39, 0.29) is 12.2 Å². The number of ether oxygens (including phenoxy) is 1. The lowest BCUT2D eigenvalue weighted by Gasteiger charge is -2.36. The van der Waals surface area contributed by atoms with Crippen molar-refractivity contribution in [3.05, 3.63) is 17.8 Å². The molecule has 0 bridgehead atoms. The Morgan fingerprint density at radius 1 is 1.15 bits per heavy atom. The third-order valence-corrected chi connectivity index (χ3v) is 5.84. The molecule has 0 amide bonds. The molecule has 3 rings (SSSR count). The topological polar surface area (TPSA) is 63.4 Å². The van der Waals surface area contributed by atoms with Gasteiger partial charge in [0.25, 0.3) is 0 Å². The molecule has 1 aliphatic carbocycles. The molecule has 2 heterocycles. The van der Waals surface area contributed by atoms with E-state index in [9.17, 15) is 0 Å². The van der Waals surface area contributed by atoms with Gasteiger partial charge in [-0.25, -0.2) is 4.98 Å². The Kier molecular flexibility index (Phi) is 6.76. The van der Waals surface area contributed by atoms with Gasteiger partial charge in [0, 0.05) is 19.1 Å². The monoisotopic (exact) mass is 360 g/mol. The molecule has 1 aliphatic heterocycles. The summed E-state index contributed by atoms with van der Waals surface area (Å²) in [5.41, 5.74) is 7.93. The zero-order valence-electron chi connectivity index (χ0n) is 16.7. The van der Waals surface area contributed by atoms with Crippen molar-refractivity contribution in [2.24, 2.45) is 11.7 Å². The van der Waals surface area contributed by atoms with Gasteiger partial charge in [-0.2, -0.15) is 0 Å². The number of aromatic nitrogens is 1. The molecular weight excluding hydrogens is 324 g/mol. The number of rotatable bonds is 6. The molecule has 26 heavy (non-hydrogen) atoms. The minimum Gasteiger partial charge on any atom is -0.381 e. The van der Waals surface area contributed by atoms with E-state index >= 15 is 0 Å². The smallest absolute Gasteiger partial charge is 0.129 e. The van der Waals surface area contributed by atoms with Crippen LogP contribution in [0.5, 0.6) is 0 Å². The first-order valence-electron chi connectivity index (χ1n) is 10.4. The summed E-state index contributed by atoms with van der Waals surface area (Å²) in [7, 11) is 0. The summed E-state index contributed by atoms with van der Waals surface area (Å²) in [6.45, 7) is 9.04. The molecule has 5 heteroatoms. The minimum atomic E-state index is 0.258. The zero-order valence-corrected chi connectivity index (χ0v) is 16.7. The summed E-state index contributed by atoms with van der Waals surface area (Å²) in [6, 6.07) is 4.95. The molecule has 3 N–H and O–H groups in total. The van der Waals surface area contributed by atoms with Crippen molar-refractivity contribution < 1.29 is 4.74 Å². The van der Waals surface area contributed by atoms with E-state index in [1.807, 2.05) is 0 Å². The summed E-state index contributed by atoms with van der Waals surface area (Å²) >= 11 is 0. The number of nitrogens with one attached hydrogen (secondary N) is 1. The van der Waals surface area contributed by atoms with Gasteiger partial charge in [-0.1, -0.05) is 0 Å². The van der Waals surface area contributed by atoms with Crippen LogP contribution in [0.2, 0.25) is 0 Å².